The van der Waals surface area contributed by atoms with E-state index in [0.29, 0.717) is 0 Å². The summed E-state index contributed by atoms with van der Waals surface area (Å²) in [5, 5.41) is 0. The molecule has 0 unspecified atom stereocenters. The third kappa shape index (κ3) is 2.60. The van der Waals surface area contributed by atoms with Gasteiger partial charge in [-0.2, -0.15) is 0 Å². The van der Waals surface area contributed by atoms with Crippen molar-refractivity contribution in [2.24, 2.45) is 0 Å². The number of ether oxygens (including phenoxy) is 2. The maximum absolute atomic E-state index is 12.4. The molecule has 0 saturated carbocycles. The summed E-state index contributed by atoms with van der Waals surface area (Å²) >= 11 is 0. The van der Waals surface area contributed by atoms with Crippen molar-refractivity contribution >= 4 is 23.5 Å². The zero-order valence-corrected chi connectivity index (χ0v) is 11.7. The minimum atomic E-state index is -0.690. The quantitative estimate of drug-likeness (QED) is 0.609. The van der Waals surface area contributed by atoms with E-state index in [2.05, 4.69) is 0 Å². The Bertz CT molecular complexity index is 711. The van der Waals surface area contributed by atoms with Gasteiger partial charge in [0.2, 0.25) is 5.78 Å². The van der Waals surface area contributed by atoms with Crippen LogP contribution >= 0.6 is 0 Å². The van der Waals surface area contributed by atoms with Crippen molar-refractivity contribution in [2.75, 3.05) is 0 Å². The highest BCUT2D eigenvalue weighted by molar-refractivity contribution is 6.27. The Hall–Kier alpha value is -2.76. The van der Waals surface area contributed by atoms with Gasteiger partial charge in [-0.05, 0) is 19.1 Å². The maximum Gasteiger partial charge on any atom is 0.308 e. The van der Waals surface area contributed by atoms with Crippen molar-refractivity contribution < 1.29 is 28.7 Å². The van der Waals surface area contributed by atoms with Gasteiger partial charge in [0.25, 0.3) is 0 Å². The van der Waals surface area contributed by atoms with E-state index >= 15 is 0 Å². The summed E-state index contributed by atoms with van der Waals surface area (Å²) in [6, 6.07) is 4.32. The third-order valence-corrected chi connectivity index (χ3v) is 2.88. The molecule has 1 aromatic rings. The fourth-order valence-corrected chi connectivity index (χ4v) is 2.04. The normalized spacial score (nSPS) is 13.9. The zero-order chi connectivity index (χ0) is 15.7. The lowest BCUT2D eigenvalue weighted by Gasteiger charge is -2.19. The number of esters is 2. The highest BCUT2D eigenvalue weighted by atomic mass is 16.5. The molecule has 1 aliphatic rings. The van der Waals surface area contributed by atoms with Crippen LogP contribution in [0.1, 0.15) is 41.5 Å². The van der Waals surface area contributed by atoms with Gasteiger partial charge in [0.15, 0.2) is 11.5 Å². The van der Waals surface area contributed by atoms with Crippen LogP contribution in [0, 0.1) is 0 Å². The number of benzene rings is 1. The number of fused-ring (bicyclic) bond motifs is 1. The van der Waals surface area contributed by atoms with Crippen molar-refractivity contribution in [1.29, 1.82) is 0 Å². The van der Waals surface area contributed by atoms with Gasteiger partial charge in [0, 0.05) is 25.0 Å². The Morgan fingerprint density at radius 2 is 1.57 bits per heavy atom. The molecule has 0 fully saturated rings. The van der Waals surface area contributed by atoms with Crippen LogP contribution in [-0.2, 0) is 14.3 Å². The fraction of sp³-hybridized carbons (Fsp3) is 0.200. The van der Waals surface area contributed by atoms with Gasteiger partial charge in [-0.3, -0.25) is 19.2 Å². The van der Waals surface area contributed by atoms with Crippen LogP contribution < -0.4 is 4.74 Å². The smallest absolute Gasteiger partial charge is 0.308 e. The Balaban J connectivity index is 2.60. The summed E-state index contributed by atoms with van der Waals surface area (Å²) in [5.41, 5.74) is 0.0500. The molecule has 108 valence electrons. The highest BCUT2D eigenvalue weighted by Gasteiger charge is 2.34. The van der Waals surface area contributed by atoms with Gasteiger partial charge >= 0.3 is 11.9 Å². The average Bonchev–Trinajstić information content (AvgIpc) is 2.40. The predicted octanol–water partition coefficient (Wildman–Crippen LogP) is 1.83. The van der Waals surface area contributed by atoms with E-state index in [1.54, 1.807) is 0 Å². The van der Waals surface area contributed by atoms with Crippen LogP contribution in [0.5, 0.6) is 5.75 Å². The van der Waals surface area contributed by atoms with Gasteiger partial charge < -0.3 is 9.47 Å². The Labute approximate surface area is 120 Å². The number of ketones is 2. The first-order chi connectivity index (χ1) is 9.82. The van der Waals surface area contributed by atoms with Gasteiger partial charge in [0.1, 0.15) is 5.75 Å². The van der Waals surface area contributed by atoms with Crippen molar-refractivity contribution in [3.8, 4) is 5.75 Å². The molecule has 6 nitrogen and oxygen atoms in total. The Morgan fingerprint density at radius 1 is 0.952 bits per heavy atom. The minimum absolute atomic E-state index is 0.00213. The van der Waals surface area contributed by atoms with Crippen molar-refractivity contribution in [3.05, 3.63) is 40.7 Å². The molecule has 0 aliphatic heterocycles. The molecule has 0 saturated heterocycles. The summed E-state index contributed by atoms with van der Waals surface area (Å²) in [7, 11) is 0. The first-order valence-corrected chi connectivity index (χ1v) is 6.13. The van der Waals surface area contributed by atoms with Crippen LogP contribution in [0.2, 0.25) is 0 Å². The lowest BCUT2D eigenvalue weighted by molar-refractivity contribution is -0.136. The molecule has 2 rings (SSSR count). The SMILES string of the molecule is CC(=O)OC1=C(C)C(=O)c2c(OC(C)=O)cccc2C1=O. The fourth-order valence-electron chi connectivity index (χ4n) is 2.04. The molecule has 0 N–H and O–H groups in total. The van der Waals surface area contributed by atoms with Crippen LogP contribution in [0.25, 0.3) is 0 Å². The monoisotopic (exact) mass is 288 g/mol. The second kappa shape index (κ2) is 5.32. The second-order valence-electron chi connectivity index (χ2n) is 4.48. The van der Waals surface area contributed by atoms with E-state index in [1.165, 1.54) is 32.0 Å². The molecular formula is C15H12O6. The molecule has 0 atom stereocenters. The van der Waals surface area contributed by atoms with Crippen molar-refractivity contribution in [2.45, 2.75) is 20.8 Å². The van der Waals surface area contributed by atoms with E-state index < -0.39 is 23.5 Å². The van der Waals surface area contributed by atoms with E-state index in [4.69, 9.17) is 9.47 Å². The first kappa shape index (κ1) is 14.6. The summed E-state index contributed by atoms with van der Waals surface area (Å²) < 4.78 is 9.78. The number of hydrogen-bond donors (Lipinski definition) is 0. The molecule has 0 bridgehead atoms. The molecule has 21 heavy (non-hydrogen) atoms. The van der Waals surface area contributed by atoms with E-state index in [1.807, 2.05) is 0 Å². The topological polar surface area (TPSA) is 86.7 Å². The number of rotatable bonds is 2. The van der Waals surface area contributed by atoms with Gasteiger partial charge in [0.05, 0.1) is 5.56 Å². The third-order valence-electron chi connectivity index (χ3n) is 2.88. The summed E-state index contributed by atoms with van der Waals surface area (Å²) in [4.78, 5) is 46.8. The summed E-state index contributed by atoms with van der Waals surface area (Å²) in [6.45, 7) is 3.72. The maximum atomic E-state index is 12.4. The molecule has 0 heterocycles. The standard InChI is InChI=1S/C15H12O6/c1-7-13(18)12-10(14(19)15(7)21-9(3)17)5-4-6-11(12)20-8(2)16/h4-6H,1-3H3. The minimum Gasteiger partial charge on any atom is -0.426 e. The van der Waals surface area contributed by atoms with Crippen molar-refractivity contribution in [1.82, 2.24) is 0 Å². The molecule has 0 spiro atoms. The van der Waals surface area contributed by atoms with E-state index in [-0.39, 0.29) is 28.2 Å². The number of carbonyl (C=O) groups is 4. The first-order valence-electron chi connectivity index (χ1n) is 6.13. The van der Waals surface area contributed by atoms with Crippen LogP contribution in [0.4, 0.5) is 0 Å². The number of carbonyl (C=O) groups excluding carboxylic acids is 4. The molecule has 1 aliphatic carbocycles. The summed E-state index contributed by atoms with van der Waals surface area (Å²) in [5.74, 6) is -2.68. The molecule has 0 amide bonds. The van der Waals surface area contributed by atoms with Gasteiger partial charge in [-0.1, -0.05) is 6.07 Å². The largest absolute Gasteiger partial charge is 0.426 e. The lowest BCUT2D eigenvalue weighted by atomic mass is 9.88. The second-order valence-corrected chi connectivity index (χ2v) is 4.48. The highest BCUT2D eigenvalue weighted by Crippen LogP contribution is 2.33. The van der Waals surface area contributed by atoms with E-state index in [0.717, 1.165) is 6.92 Å². The average molecular weight is 288 g/mol. The predicted molar refractivity (Wildman–Crippen MR) is 70.9 cm³/mol. The van der Waals surface area contributed by atoms with Gasteiger partial charge in [-0.15, -0.1) is 0 Å². The number of allylic oxidation sites excluding steroid dienone is 2. The molecule has 0 radical (unpaired) electrons. The number of Topliss-reactive ketones (excluding diaryl/α,β-unsaturated/α-hetero) is 2. The number of hydrogen-bond acceptors (Lipinski definition) is 6. The molecular weight excluding hydrogens is 276 g/mol. The van der Waals surface area contributed by atoms with Crippen molar-refractivity contribution in [3.63, 3.8) is 0 Å². The molecule has 1 aromatic carbocycles. The lowest BCUT2D eigenvalue weighted by Crippen LogP contribution is -2.24. The summed E-state index contributed by atoms with van der Waals surface area (Å²) in [6.07, 6.45) is 0. The van der Waals surface area contributed by atoms with E-state index in [9.17, 15) is 19.2 Å². The zero-order valence-electron chi connectivity index (χ0n) is 11.7. The van der Waals surface area contributed by atoms with Crippen LogP contribution in [-0.4, -0.2) is 23.5 Å². The Kier molecular flexibility index (Phi) is 3.71. The Morgan fingerprint density at radius 3 is 2.14 bits per heavy atom. The molecule has 0 aromatic heterocycles. The van der Waals surface area contributed by atoms with Crippen LogP contribution in [0.3, 0.4) is 0 Å². The van der Waals surface area contributed by atoms with Gasteiger partial charge in [-0.25, -0.2) is 0 Å². The molecule has 6 heteroatoms. The van der Waals surface area contributed by atoms with Crippen LogP contribution in [0.15, 0.2) is 29.5 Å².